The molecule has 15 nitrogen and oxygen atoms in total. The number of carboxylic acids is 1. The van der Waals surface area contributed by atoms with Crippen LogP contribution in [0.4, 0.5) is 21.5 Å². The molecular formula is C39H55ClFN6O9PS2. The number of nitrogens with one attached hydrogen (secondary N) is 1. The molecule has 1 aromatic heterocycles. The molecule has 0 bridgehead atoms. The number of benzene rings is 2. The number of carbonyl (C=O) groups is 3. The standard InChI is InChI=1S/C18H17FN4O2S.C15H22ClNO2.C3H8NO5P.C3H9S/c1-4-5-22-13-7-12(11(19)6-14(13)25-9-16(22)24)20-17-23-10-18(2,3)8-15(23)21-26-17;1-5-13-8-6-7-11(2)15(13)17(14(18)9-16)12(3)10-19-4;5-3(6)1-4-2-10(7,8)9;1-4(2)3/h1,6-7H,5,8-10H2,2-3H3;6-8,12H,5,9-10H2,1-4H3;4H,1-2H2,(H,5,6)(H2,7,8,9);1-3H3/q;;;+1/p-1. The van der Waals surface area contributed by atoms with E-state index in [1.807, 2.05) is 35.9 Å². The molecule has 3 aromatic rings. The van der Waals surface area contributed by atoms with Gasteiger partial charge in [0.1, 0.15) is 30.7 Å². The minimum absolute atomic E-state index is 0.0223. The van der Waals surface area contributed by atoms with Crippen LogP contribution >= 0.6 is 30.7 Å². The van der Waals surface area contributed by atoms with Crippen LogP contribution in [-0.2, 0) is 54.0 Å². The Balaban J connectivity index is 0.000000318. The maximum absolute atomic E-state index is 14.5. The van der Waals surface area contributed by atoms with Crippen LogP contribution in [0.15, 0.2) is 35.3 Å². The molecule has 2 atom stereocenters. The number of hydrogen-bond acceptors (Lipinski definition) is 11. The Kier molecular flexibility index (Phi) is 20.8. The third kappa shape index (κ3) is 16.3. The Morgan fingerprint density at radius 2 is 1.98 bits per heavy atom. The van der Waals surface area contributed by atoms with E-state index in [1.54, 1.807) is 12.0 Å². The molecule has 2 unspecified atom stereocenters. The molecule has 2 aromatic carbocycles. The highest BCUT2D eigenvalue weighted by Crippen LogP contribution is 2.38. The van der Waals surface area contributed by atoms with Gasteiger partial charge in [-0.15, -0.1) is 18.0 Å². The predicted molar refractivity (Wildman–Crippen MR) is 231 cm³/mol. The minimum atomic E-state index is -4.35. The molecule has 0 radical (unpaired) electrons. The van der Waals surface area contributed by atoms with E-state index < -0.39 is 32.2 Å². The monoisotopic (exact) mass is 900 g/mol. The van der Waals surface area contributed by atoms with E-state index in [1.165, 1.54) is 28.6 Å². The van der Waals surface area contributed by atoms with E-state index in [0.717, 1.165) is 42.0 Å². The summed E-state index contributed by atoms with van der Waals surface area (Å²) in [5.41, 5.74) is 3.89. The van der Waals surface area contributed by atoms with Crippen molar-refractivity contribution < 1.29 is 47.7 Å². The number of carboxylic acid groups (broad SMARTS) is 1. The highest BCUT2D eigenvalue weighted by atomic mass is 35.5. The number of para-hydroxylation sites is 1. The summed E-state index contributed by atoms with van der Waals surface area (Å²) in [7, 11) is -2.07. The van der Waals surface area contributed by atoms with Gasteiger partial charge < -0.3 is 38.4 Å². The molecule has 0 spiro atoms. The van der Waals surface area contributed by atoms with Gasteiger partial charge in [-0.05, 0) is 53.8 Å². The molecular weight excluding hydrogens is 846 g/mol. The van der Waals surface area contributed by atoms with Crippen molar-refractivity contribution in [2.45, 2.75) is 60.0 Å². The second kappa shape index (κ2) is 23.9. The van der Waals surface area contributed by atoms with E-state index in [4.69, 9.17) is 37.5 Å². The van der Waals surface area contributed by atoms with Crippen molar-refractivity contribution >= 4 is 76.5 Å². The fourth-order valence-electron chi connectivity index (χ4n) is 5.87. The first-order chi connectivity index (χ1) is 27.6. The molecule has 2 amide bonds. The Morgan fingerprint density at radius 3 is 2.54 bits per heavy atom. The van der Waals surface area contributed by atoms with Gasteiger partial charge >= 0.3 is 5.97 Å². The predicted octanol–water partition coefficient (Wildman–Crippen LogP) is 4.08. The highest BCUT2D eigenvalue weighted by molar-refractivity contribution is 7.94. The van der Waals surface area contributed by atoms with Crippen LogP contribution in [0, 0.1) is 30.5 Å². The summed E-state index contributed by atoms with van der Waals surface area (Å²) in [6.07, 6.45) is 13.0. The van der Waals surface area contributed by atoms with Crippen LogP contribution in [0.3, 0.4) is 0 Å². The normalized spacial score (nSPS) is 15.4. The summed E-state index contributed by atoms with van der Waals surface area (Å²) in [5.74, 6) is 1.64. The number of methoxy groups -OCH3 is 1. The van der Waals surface area contributed by atoms with Gasteiger partial charge in [0.2, 0.25) is 10.7 Å². The van der Waals surface area contributed by atoms with Crippen LogP contribution in [0.1, 0.15) is 44.6 Å². The number of ether oxygens (including phenoxy) is 2. The number of terminal acetylenes is 1. The maximum atomic E-state index is 14.5. The lowest BCUT2D eigenvalue weighted by Crippen LogP contribution is -2.43. The van der Waals surface area contributed by atoms with Crippen LogP contribution in [-0.4, -0.2) is 107 Å². The first-order valence-electron chi connectivity index (χ1n) is 18.3. The minimum Gasteiger partial charge on any atom is -0.778 e. The number of alkyl halides is 1. The molecule has 59 heavy (non-hydrogen) atoms. The Hall–Kier alpha value is -3.79. The van der Waals surface area contributed by atoms with Crippen molar-refractivity contribution in [3.05, 3.63) is 57.9 Å². The van der Waals surface area contributed by atoms with Crippen molar-refractivity contribution in [3.8, 4) is 18.1 Å². The number of hydrogen-bond donors (Lipinski definition) is 3. The van der Waals surface area contributed by atoms with E-state index >= 15 is 0 Å². The Morgan fingerprint density at radius 1 is 1.32 bits per heavy atom. The molecule has 0 saturated carbocycles. The summed E-state index contributed by atoms with van der Waals surface area (Å²) < 4.78 is 41.4. The molecule has 0 fully saturated rings. The Bertz CT molecular complexity index is 2070. The lowest BCUT2D eigenvalue weighted by Gasteiger charge is -2.31. The molecule has 3 N–H and O–H groups in total. The molecule has 20 heteroatoms. The molecule has 0 saturated heterocycles. The number of halogens is 2. The average Bonchev–Trinajstić information content (AvgIpc) is 3.65. The van der Waals surface area contributed by atoms with E-state index in [2.05, 4.69) is 60.9 Å². The third-order valence-electron chi connectivity index (χ3n) is 8.20. The van der Waals surface area contributed by atoms with Gasteiger partial charge in [-0.2, -0.15) is 4.37 Å². The van der Waals surface area contributed by atoms with Gasteiger partial charge in [-0.25, -0.2) is 9.38 Å². The summed E-state index contributed by atoms with van der Waals surface area (Å²) in [5, 5.41) is 9.97. The van der Waals surface area contributed by atoms with Crippen molar-refractivity contribution in [2.75, 3.05) is 74.1 Å². The van der Waals surface area contributed by atoms with Gasteiger partial charge in [0.25, 0.3) is 5.91 Å². The molecule has 5 rings (SSSR count). The molecule has 326 valence electrons. The lowest BCUT2D eigenvalue weighted by molar-refractivity contribution is -0.193. The number of carbonyl (C=O) groups excluding carboxylic acids is 2. The third-order valence-corrected chi connectivity index (χ3v) is 9.83. The van der Waals surface area contributed by atoms with Gasteiger partial charge in [-0.1, -0.05) is 44.9 Å². The topological polar surface area (TPSA) is 199 Å². The summed E-state index contributed by atoms with van der Waals surface area (Å²) in [6.45, 7) is 11.1. The molecule has 2 aliphatic heterocycles. The number of rotatable bonds is 12. The quantitative estimate of drug-likeness (QED) is 0.103. The van der Waals surface area contributed by atoms with E-state index in [0.29, 0.717) is 33.7 Å². The number of fused-ring (bicyclic) bond motifs is 2. The fourth-order valence-corrected chi connectivity index (χ4v) is 7.15. The van der Waals surface area contributed by atoms with Crippen molar-refractivity contribution in [1.82, 2.24) is 14.3 Å². The SMILES string of the molecule is C#CCN1C(=O)COc2cc(F)c(N=c3snc4n3CC(C)(C)C4)cc21.CCc1cccc(C)c1N(C(=O)CCl)C(C)COC.C[S+](C)C.O=C(O)CNCP(=O)([O-])O. The zero-order valence-electron chi connectivity index (χ0n) is 34.9. The number of aliphatic carboxylic acids is 1. The second-order valence-corrected chi connectivity index (χ2v) is 19.7. The first kappa shape index (κ1) is 51.4. The smallest absolute Gasteiger partial charge is 0.317 e. The average molecular weight is 901 g/mol. The van der Waals surface area contributed by atoms with Crippen molar-refractivity contribution in [2.24, 2.45) is 10.4 Å². The van der Waals surface area contributed by atoms with Gasteiger partial charge in [0, 0.05) is 37.7 Å². The first-order valence-corrected chi connectivity index (χ1v) is 23.8. The zero-order chi connectivity index (χ0) is 44.7. The maximum Gasteiger partial charge on any atom is 0.317 e. The van der Waals surface area contributed by atoms with Gasteiger partial charge in [0.15, 0.2) is 12.4 Å². The van der Waals surface area contributed by atoms with Crippen molar-refractivity contribution in [1.29, 1.82) is 0 Å². The number of anilines is 2. The highest BCUT2D eigenvalue weighted by Gasteiger charge is 2.31. The van der Waals surface area contributed by atoms with Crippen LogP contribution in [0.2, 0.25) is 0 Å². The van der Waals surface area contributed by atoms with E-state index in [-0.39, 0.29) is 48.0 Å². The number of amides is 2. The summed E-state index contributed by atoms with van der Waals surface area (Å²) in [4.78, 5) is 60.3. The van der Waals surface area contributed by atoms with Crippen LogP contribution < -0.4 is 29.5 Å². The van der Waals surface area contributed by atoms with Gasteiger partial charge in [-0.3, -0.25) is 24.6 Å². The van der Waals surface area contributed by atoms with Gasteiger partial charge in [0.05, 0.1) is 62.2 Å². The second-order valence-electron chi connectivity index (χ2n) is 14.6. The summed E-state index contributed by atoms with van der Waals surface area (Å²) >= 11 is 7.00. The zero-order valence-corrected chi connectivity index (χ0v) is 38.2. The number of aromatic nitrogens is 2. The Labute approximate surface area is 357 Å². The number of nitrogens with zero attached hydrogens (tertiary/aromatic N) is 5. The fraction of sp³-hybridized carbons (Fsp3) is 0.513. The largest absolute Gasteiger partial charge is 0.778 e. The molecule has 2 aliphatic rings. The van der Waals surface area contributed by atoms with Crippen molar-refractivity contribution in [3.63, 3.8) is 0 Å². The van der Waals surface area contributed by atoms with Crippen LogP contribution in [0.25, 0.3) is 0 Å². The van der Waals surface area contributed by atoms with E-state index in [9.17, 15) is 28.2 Å². The lowest BCUT2D eigenvalue weighted by atomic mass is 9.92. The number of aryl methyl sites for hydroxylation is 2. The molecule has 3 heterocycles. The summed E-state index contributed by atoms with van der Waals surface area (Å²) in [6, 6.07) is 8.80. The van der Waals surface area contributed by atoms with Crippen LogP contribution in [0.5, 0.6) is 5.75 Å². The molecule has 0 aliphatic carbocycles.